The third kappa shape index (κ3) is 4.24. The van der Waals surface area contributed by atoms with Crippen LogP contribution in [-0.2, 0) is 14.3 Å². The molecule has 4 nitrogen and oxygen atoms in total. The Bertz CT molecular complexity index is 739. The Hall–Kier alpha value is -1.52. The van der Waals surface area contributed by atoms with Gasteiger partial charge >= 0.3 is 5.97 Å². The fourth-order valence-corrected chi connectivity index (χ4v) is 4.29. The van der Waals surface area contributed by atoms with Crippen LogP contribution in [0.2, 0.25) is 10.0 Å². The van der Waals surface area contributed by atoms with Gasteiger partial charge in [0.15, 0.2) is 0 Å². The van der Waals surface area contributed by atoms with E-state index in [4.69, 9.17) is 27.9 Å². The number of hydrogen-bond acceptors (Lipinski definition) is 3. The van der Waals surface area contributed by atoms with Crippen molar-refractivity contribution in [1.82, 2.24) is 5.32 Å². The highest BCUT2D eigenvalue weighted by Crippen LogP contribution is 2.39. The van der Waals surface area contributed by atoms with Gasteiger partial charge in [-0.15, -0.1) is 0 Å². The Morgan fingerprint density at radius 2 is 1.96 bits per heavy atom. The van der Waals surface area contributed by atoms with Crippen LogP contribution < -0.4 is 5.32 Å². The molecule has 0 unspecified atom stereocenters. The van der Waals surface area contributed by atoms with E-state index in [0.717, 1.165) is 12.8 Å². The second-order valence-corrected chi connectivity index (χ2v) is 7.87. The first-order valence-corrected chi connectivity index (χ1v) is 9.84. The highest BCUT2D eigenvalue weighted by atomic mass is 35.5. The highest BCUT2D eigenvalue weighted by Gasteiger charge is 2.34. The summed E-state index contributed by atoms with van der Waals surface area (Å²) in [5.74, 6) is -0.546. The summed E-state index contributed by atoms with van der Waals surface area (Å²) in [7, 11) is 0. The lowest BCUT2D eigenvalue weighted by molar-refractivity contribution is -0.141. The van der Waals surface area contributed by atoms with Crippen molar-refractivity contribution in [3.8, 4) is 0 Å². The SMILES string of the molecule is CC1=C(C(=O)OCC2CCCCC2)[C@H](c2cccc(Cl)c2Cl)CC(=O)N1. The predicted molar refractivity (Wildman–Crippen MR) is 102 cm³/mol. The van der Waals surface area contributed by atoms with Gasteiger partial charge in [-0.2, -0.15) is 0 Å². The number of benzene rings is 1. The lowest BCUT2D eigenvalue weighted by Gasteiger charge is -2.28. The minimum absolute atomic E-state index is 0.144. The van der Waals surface area contributed by atoms with E-state index >= 15 is 0 Å². The van der Waals surface area contributed by atoms with Crippen molar-refractivity contribution in [2.45, 2.75) is 51.4 Å². The number of hydrogen-bond donors (Lipinski definition) is 1. The summed E-state index contributed by atoms with van der Waals surface area (Å²) in [6, 6.07) is 5.27. The van der Waals surface area contributed by atoms with Crippen molar-refractivity contribution < 1.29 is 14.3 Å². The van der Waals surface area contributed by atoms with E-state index in [1.807, 2.05) is 0 Å². The first-order valence-electron chi connectivity index (χ1n) is 9.09. The number of carbonyl (C=O) groups excluding carboxylic acids is 2. The Kier molecular flexibility index (Phi) is 6.25. The van der Waals surface area contributed by atoms with Gasteiger partial charge in [0.25, 0.3) is 0 Å². The quantitative estimate of drug-likeness (QED) is 0.730. The van der Waals surface area contributed by atoms with Gasteiger partial charge < -0.3 is 10.1 Å². The summed E-state index contributed by atoms with van der Waals surface area (Å²) in [5, 5.41) is 3.53. The first-order chi connectivity index (χ1) is 12.5. The van der Waals surface area contributed by atoms with Gasteiger partial charge in [0, 0.05) is 18.0 Å². The number of halogens is 2. The minimum atomic E-state index is -0.450. The van der Waals surface area contributed by atoms with Crippen LogP contribution in [0.3, 0.4) is 0 Å². The van der Waals surface area contributed by atoms with E-state index in [1.54, 1.807) is 25.1 Å². The number of esters is 1. The summed E-state index contributed by atoms with van der Waals surface area (Å²) >= 11 is 12.5. The van der Waals surface area contributed by atoms with E-state index in [-0.39, 0.29) is 18.3 Å². The van der Waals surface area contributed by atoms with E-state index in [9.17, 15) is 9.59 Å². The fourth-order valence-electron chi connectivity index (χ4n) is 3.85. The molecule has 1 N–H and O–H groups in total. The molecule has 3 rings (SSSR count). The molecule has 1 aliphatic carbocycles. The van der Waals surface area contributed by atoms with Crippen LogP contribution >= 0.6 is 23.2 Å². The first kappa shape index (κ1) is 19.2. The second-order valence-electron chi connectivity index (χ2n) is 7.09. The van der Waals surface area contributed by atoms with Crippen LogP contribution in [0.25, 0.3) is 0 Å². The zero-order valence-electron chi connectivity index (χ0n) is 14.8. The highest BCUT2D eigenvalue weighted by molar-refractivity contribution is 6.42. The topological polar surface area (TPSA) is 55.4 Å². The van der Waals surface area contributed by atoms with E-state index in [2.05, 4.69) is 5.32 Å². The zero-order valence-corrected chi connectivity index (χ0v) is 16.3. The van der Waals surface area contributed by atoms with Gasteiger partial charge in [-0.05, 0) is 37.3 Å². The maximum Gasteiger partial charge on any atom is 0.336 e. The average Bonchev–Trinajstić information content (AvgIpc) is 2.62. The Labute approximate surface area is 163 Å². The molecule has 1 amide bonds. The number of ether oxygens (including phenoxy) is 1. The van der Waals surface area contributed by atoms with Crippen LogP contribution in [0.1, 0.15) is 56.9 Å². The molecule has 1 saturated carbocycles. The molecule has 1 aliphatic heterocycles. The summed E-state index contributed by atoms with van der Waals surface area (Å²) in [4.78, 5) is 24.9. The minimum Gasteiger partial charge on any atom is -0.462 e. The van der Waals surface area contributed by atoms with E-state index in [0.29, 0.717) is 39.4 Å². The molecule has 26 heavy (non-hydrogen) atoms. The molecule has 0 spiro atoms. The summed E-state index contributed by atoms with van der Waals surface area (Å²) in [6.45, 7) is 2.15. The van der Waals surface area contributed by atoms with Gasteiger partial charge in [-0.3, -0.25) is 4.79 Å². The molecule has 1 aromatic carbocycles. The van der Waals surface area contributed by atoms with Gasteiger partial charge in [-0.25, -0.2) is 4.79 Å². The van der Waals surface area contributed by atoms with Gasteiger partial charge in [0.1, 0.15) is 0 Å². The van der Waals surface area contributed by atoms with Crippen molar-refractivity contribution in [3.05, 3.63) is 45.1 Å². The van der Waals surface area contributed by atoms with Crippen LogP contribution in [0.5, 0.6) is 0 Å². The number of rotatable bonds is 4. The number of amides is 1. The third-order valence-corrected chi connectivity index (χ3v) is 6.05. The molecule has 1 atom stereocenters. The van der Waals surface area contributed by atoms with Crippen molar-refractivity contribution in [2.75, 3.05) is 6.61 Å². The smallest absolute Gasteiger partial charge is 0.336 e. The molecule has 0 bridgehead atoms. The largest absolute Gasteiger partial charge is 0.462 e. The maximum absolute atomic E-state index is 12.8. The van der Waals surface area contributed by atoms with E-state index < -0.39 is 5.92 Å². The second kappa shape index (κ2) is 8.45. The van der Waals surface area contributed by atoms with Crippen LogP contribution in [0.4, 0.5) is 0 Å². The van der Waals surface area contributed by atoms with Crippen molar-refractivity contribution in [1.29, 1.82) is 0 Å². The number of carbonyl (C=O) groups is 2. The monoisotopic (exact) mass is 395 g/mol. The summed E-state index contributed by atoms with van der Waals surface area (Å²) in [5.41, 5.74) is 1.67. The molecule has 0 aromatic heterocycles. The van der Waals surface area contributed by atoms with Crippen LogP contribution in [-0.4, -0.2) is 18.5 Å². The molecule has 1 heterocycles. The Balaban J connectivity index is 1.83. The van der Waals surface area contributed by atoms with Crippen LogP contribution in [0.15, 0.2) is 29.5 Å². The number of nitrogens with one attached hydrogen (secondary N) is 1. The fraction of sp³-hybridized carbons (Fsp3) is 0.500. The molecule has 6 heteroatoms. The Morgan fingerprint density at radius 1 is 1.23 bits per heavy atom. The summed E-state index contributed by atoms with van der Waals surface area (Å²) in [6.07, 6.45) is 6.00. The molecule has 0 saturated heterocycles. The average molecular weight is 396 g/mol. The van der Waals surface area contributed by atoms with Gasteiger partial charge in [-0.1, -0.05) is 54.6 Å². The molecule has 0 radical (unpaired) electrons. The molecule has 140 valence electrons. The Morgan fingerprint density at radius 3 is 2.69 bits per heavy atom. The van der Waals surface area contributed by atoms with Crippen molar-refractivity contribution in [3.63, 3.8) is 0 Å². The lowest BCUT2D eigenvalue weighted by atomic mass is 9.84. The third-order valence-electron chi connectivity index (χ3n) is 5.22. The van der Waals surface area contributed by atoms with Gasteiger partial charge in [0.05, 0.1) is 22.2 Å². The normalized spacial score (nSPS) is 21.5. The van der Waals surface area contributed by atoms with Crippen LogP contribution in [0, 0.1) is 5.92 Å². The van der Waals surface area contributed by atoms with Gasteiger partial charge in [0.2, 0.25) is 5.91 Å². The number of allylic oxidation sites excluding steroid dienone is 1. The molecule has 1 aromatic rings. The lowest BCUT2D eigenvalue weighted by Crippen LogP contribution is -2.34. The molecule has 1 fully saturated rings. The molecule has 2 aliphatic rings. The molecular weight excluding hydrogens is 373 g/mol. The van der Waals surface area contributed by atoms with E-state index in [1.165, 1.54) is 19.3 Å². The standard InChI is InChI=1S/C20H23Cl2NO3/c1-12-18(20(25)26-11-13-6-3-2-4-7-13)15(10-17(24)23-12)14-8-5-9-16(21)19(14)22/h5,8-9,13,15H,2-4,6-7,10-11H2,1H3,(H,23,24)/t15-/m0/s1. The molecular formula is C20H23Cl2NO3. The van der Waals surface area contributed by atoms with Crippen molar-refractivity contribution in [2.24, 2.45) is 5.92 Å². The van der Waals surface area contributed by atoms with Crippen molar-refractivity contribution >= 4 is 35.1 Å². The predicted octanol–water partition coefficient (Wildman–Crippen LogP) is 4.99. The zero-order chi connectivity index (χ0) is 18.7. The maximum atomic E-state index is 12.8. The summed E-state index contributed by atoms with van der Waals surface area (Å²) < 4.78 is 5.62.